The van der Waals surface area contributed by atoms with E-state index in [1.807, 2.05) is 13.8 Å². The molecule has 0 aliphatic rings. The van der Waals surface area contributed by atoms with Crippen LogP contribution in [0, 0.1) is 11.6 Å². The van der Waals surface area contributed by atoms with E-state index in [4.69, 9.17) is 0 Å². The van der Waals surface area contributed by atoms with Crippen molar-refractivity contribution < 1.29 is 13.9 Å². The van der Waals surface area contributed by atoms with Crippen molar-refractivity contribution in [2.75, 3.05) is 0 Å². The van der Waals surface area contributed by atoms with Crippen LogP contribution in [-0.4, -0.2) is 5.11 Å². The van der Waals surface area contributed by atoms with Crippen LogP contribution in [0.25, 0.3) is 0 Å². The number of aliphatic hydroxyl groups excluding tert-OH is 1. The molecule has 0 radical (unpaired) electrons. The van der Waals surface area contributed by atoms with Gasteiger partial charge in [0.25, 0.3) is 0 Å². The molecule has 0 fully saturated rings. The Morgan fingerprint density at radius 3 is 2.14 bits per heavy atom. The SMILES string of the molecule is CC(C)c1ccc(F)c(C(C)O)c1F. The average molecular weight is 200 g/mol. The second-order valence-electron chi connectivity index (χ2n) is 3.69. The van der Waals surface area contributed by atoms with Gasteiger partial charge in [-0.2, -0.15) is 0 Å². The van der Waals surface area contributed by atoms with Gasteiger partial charge in [0.15, 0.2) is 0 Å². The molecule has 0 spiro atoms. The van der Waals surface area contributed by atoms with Gasteiger partial charge in [0.1, 0.15) is 11.6 Å². The van der Waals surface area contributed by atoms with E-state index in [0.29, 0.717) is 5.56 Å². The summed E-state index contributed by atoms with van der Waals surface area (Å²) in [4.78, 5) is 0. The summed E-state index contributed by atoms with van der Waals surface area (Å²) in [6.07, 6.45) is -1.12. The molecule has 0 aliphatic heterocycles. The highest BCUT2D eigenvalue weighted by Gasteiger charge is 2.18. The van der Waals surface area contributed by atoms with Crippen molar-refractivity contribution in [2.45, 2.75) is 32.8 Å². The van der Waals surface area contributed by atoms with Crippen LogP contribution in [0.4, 0.5) is 8.78 Å². The van der Waals surface area contributed by atoms with Crippen LogP contribution >= 0.6 is 0 Å². The first-order valence-corrected chi connectivity index (χ1v) is 4.61. The molecule has 14 heavy (non-hydrogen) atoms. The van der Waals surface area contributed by atoms with Gasteiger partial charge in [0, 0.05) is 0 Å². The fraction of sp³-hybridized carbons (Fsp3) is 0.455. The molecule has 0 amide bonds. The molecule has 1 unspecified atom stereocenters. The number of hydrogen-bond acceptors (Lipinski definition) is 1. The molecule has 1 N–H and O–H groups in total. The van der Waals surface area contributed by atoms with Gasteiger partial charge in [-0.05, 0) is 24.5 Å². The number of halogens is 2. The van der Waals surface area contributed by atoms with Crippen LogP contribution in [0.3, 0.4) is 0 Å². The van der Waals surface area contributed by atoms with Crippen molar-refractivity contribution in [3.8, 4) is 0 Å². The third-order valence-corrected chi connectivity index (χ3v) is 2.20. The predicted molar refractivity (Wildman–Crippen MR) is 51.1 cm³/mol. The summed E-state index contributed by atoms with van der Waals surface area (Å²) in [5, 5.41) is 9.21. The Kier molecular flexibility index (Phi) is 3.21. The maximum atomic E-state index is 13.6. The summed E-state index contributed by atoms with van der Waals surface area (Å²) in [6, 6.07) is 2.61. The molecule has 0 aromatic heterocycles. The van der Waals surface area contributed by atoms with Gasteiger partial charge in [-0.15, -0.1) is 0 Å². The number of hydrogen-bond donors (Lipinski definition) is 1. The molecule has 1 nitrogen and oxygen atoms in total. The maximum absolute atomic E-state index is 13.6. The zero-order chi connectivity index (χ0) is 10.9. The van der Waals surface area contributed by atoms with Crippen molar-refractivity contribution in [1.29, 1.82) is 0 Å². The average Bonchev–Trinajstić information content (AvgIpc) is 2.02. The Bertz CT molecular complexity index is 332. The Morgan fingerprint density at radius 1 is 1.14 bits per heavy atom. The second kappa shape index (κ2) is 4.05. The van der Waals surface area contributed by atoms with E-state index in [0.717, 1.165) is 0 Å². The quantitative estimate of drug-likeness (QED) is 0.777. The summed E-state index contributed by atoms with van der Waals surface area (Å²) < 4.78 is 26.8. The van der Waals surface area contributed by atoms with Crippen molar-refractivity contribution >= 4 is 0 Å². The topological polar surface area (TPSA) is 20.2 Å². The van der Waals surface area contributed by atoms with Crippen molar-refractivity contribution in [2.24, 2.45) is 0 Å². The Morgan fingerprint density at radius 2 is 1.71 bits per heavy atom. The smallest absolute Gasteiger partial charge is 0.135 e. The van der Waals surface area contributed by atoms with Crippen molar-refractivity contribution in [3.63, 3.8) is 0 Å². The predicted octanol–water partition coefficient (Wildman–Crippen LogP) is 3.14. The standard InChI is InChI=1S/C11H14F2O/c1-6(2)8-4-5-9(12)10(7(3)14)11(8)13/h4-7,14H,1-3H3. The van der Waals surface area contributed by atoms with Crippen molar-refractivity contribution in [3.05, 3.63) is 34.9 Å². The van der Waals surface area contributed by atoms with E-state index in [2.05, 4.69) is 0 Å². The van der Waals surface area contributed by atoms with Crippen LogP contribution < -0.4 is 0 Å². The van der Waals surface area contributed by atoms with E-state index < -0.39 is 17.7 Å². The zero-order valence-corrected chi connectivity index (χ0v) is 8.51. The molecule has 1 rings (SSSR count). The lowest BCUT2D eigenvalue weighted by Crippen LogP contribution is -2.05. The van der Waals surface area contributed by atoms with E-state index in [1.165, 1.54) is 19.1 Å². The third-order valence-electron chi connectivity index (χ3n) is 2.20. The summed E-state index contributed by atoms with van der Waals surface area (Å²) in [6.45, 7) is 5.00. The van der Waals surface area contributed by atoms with Crippen LogP contribution in [-0.2, 0) is 0 Å². The van der Waals surface area contributed by atoms with Gasteiger partial charge in [-0.3, -0.25) is 0 Å². The van der Waals surface area contributed by atoms with Crippen LogP contribution in [0.5, 0.6) is 0 Å². The lowest BCUT2D eigenvalue weighted by atomic mass is 9.97. The van der Waals surface area contributed by atoms with Gasteiger partial charge in [0.2, 0.25) is 0 Å². The van der Waals surface area contributed by atoms with Crippen LogP contribution in [0.2, 0.25) is 0 Å². The van der Waals surface area contributed by atoms with Crippen molar-refractivity contribution in [1.82, 2.24) is 0 Å². The number of rotatable bonds is 2. The Hall–Kier alpha value is -0.960. The summed E-state index contributed by atoms with van der Waals surface area (Å²) in [5.41, 5.74) is 0.193. The highest BCUT2D eigenvalue weighted by atomic mass is 19.1. The van der Waals surface area contributed by atoms with E-state index in [-0.39, 0.29) is 11.5 Å². The fourth-order valence-corrected chi connectivity index (χ4v) is 1.42. The largest absolute Gasteiger partial charge is 0.388 e. The Balaban J connectivity index is 3.34. The number of benzene rings is 1. The summed E-state index contributed by atoms with van der Waals surface area (Å²) in [7, 11) is 0. The molecular weight excluding hydrogens is 186 g/mol. The molecule has 1 aromatic rings. The highest BCUT2D eigenvalue weighted by Crippen LogP contribution is 2.27. The minimum absolute atomic E-state index is 0.0203. The molecule has 3 heteroatoms. The molecule has 1 atom stereocenters. The molecule has 0 saturated carbocycles. The molecule has 0 saturated heterocycles. The number of aliphatic hydroxyl groups is 1. The molecular formula is C11H14F2O. The Labute approximate surface area is 82.4 Å². The first-order chi connectivity index (χ1) is 6.45. The van der Waals surface area contributed by atoms with Gasteiger partial charge < -0.3 is 5.11 Å². The second-order valence-corrected chi connectivity index (χ2v) is 3.69. The lowest BCUT2D eigenvalue weighted by molar-refractivity contribution is 0.188. The van der Waals surface area contributed by atoms with Gasteiger partial charge in [-0.1, -0.05) is 19.9 Å². The monoisotopic (exact) mass is 200 g/mol. The van der Waals surface area contributed by atoms with Crippen LogP contribution in [0.15, 0.2) is 12.1 Å². The lowest BCUT2D eigenvalue weighted by Gasteiger charge is -2.13. The molecule has 1 aromatic carbocycles. The highest BCUT2D eigenvalue weighted by molar-refractivity contribution is 5.30. The minimum Gasteiger partial charge on any atom is -0.388 e. The van der Waals surface area contributed by atoms with Crippen LogP contribution in [0.1, 0.15) is 43.9 Å². The van der Waals surface area contributed by atoms with Gasteiger partial charge in [0.05, 0.1) is 11.7 Å². The zero-order valence-electron chi connectivity index (χ0n) is 8.51. The van der Waals surface area contributed by atoms with E-state index in [1.54, 1.807) is 0 Å². The van der Waals surface area contributed by atoms with Gasteiger partial charge in [-0.25, -0.2) is 8.78 Å². The first kappa shape index (κ1) is 11.1. The van der Waals surface area contributed by atoms with E-state index in [9.17, 15) is 13.9 Å². The first-order valence-electron chi connectivity index (χ1n) is 4.61. The third kappa shape index (κ3) is 1.93. The molecule has 0 aliphatic carbocycles. The normalized spacial score (nSPS) is 13.4. The summed E-state index contributed by atoms with van der Waals surface area (Å²) >= 11 is 0. The summed E-state index contributed by atoms with van der Waals surface area (Å²) in [5.74, 6) is -1.34. The van der Waals surface area contributed by atoms with Gasteiger partial charge >= 0.3 is 0 Å². The molecule has 0 heterocycles. The minimum atomic E-state index is -1.12. The molecule has 78 valence electrons. The maximum Gasteiger partial charge on any atom is 0.135 e. The fourth-order valence-electron chi connectivity index (χ4n) is 1.42. The van der Waals surface area contributed by atoms with E-state index >= 15 is 0 Å². The molecule has 0 bridgehead atoms.